The number of aromatic nitrogens is 1. The lowest BCUT2D eigenvalue weighted by molar-refractivity contribution is -0.137. The maximum absolute atomic E-state index is 12.9. The van der Waals surface area contributed by atoms with Gasteiger partial charge in [0, 0.05) is 30.0 Å². The van der Waals surface area contributed by atoms with Gasteiger partial charge in [-0.05, 0) is 36.4 Å². The minimum Gasteiger partial charge on any atom is -0.497 e. The quantitative estimate of drug-likeness (QED) is 0.535. The largest absolute Gasteiger partial charge is 0.497 e. The Balaban J connectivity index is 1.56. The van der Waals surface area contributed by atoms with Crippen LogP contribution in [0.25, 0.3) is 10.9 Å². The van der Waals surface area contributed by atoms with Crippen molar-refractivity contribution in [2.45, 2.75) is 19.0 Å². The normalized spacial score (nSPS) is 11.3. The second kappa shape index (κ2) is 9.22. The number of carbonyl (C=O) groups is 2. The number of fused-ring (bicyclic) bond motifs is 1. The third-order valence-electron chi connectivity index (χ3n) is 4.31. The first kappa shape index (κ1) is 22.4. The summed E-state index contributed by atoms with van der Waals surface area (Å²) in [5, 5.41) is 5.30. The SMILES string of the molecule is COc1ccc2cc(NC(=O)CCC(=O)Nc3ccc(Cl)c(C(F)(F)F)c3)cnc2c1. The summed E-state index contributed by atoms with van der Waals surface area (Å²) >= 11 is 5.55. The smallest absolute Gasteiger partial charge is 0.417 e. The van der Waals surface area contributed by atoms with E-state index >= 15 is 0 Å². The molecule has 162 valence electrons. The molecule has 1 aromatic heterocycles. The number of nitrogens with zero attached hydrogens (tertiary/aromatic N) is 1. The number of hydrogen-bond donors (Lipinski definition) is 2. The summed E-state index contributed by atoms with van der Waals surface area (Å²) in [7, 11) is 1.55. The molecule has 0 atom stereocenters. The third kappa shape index (κ3) is 5.85. The first-order valence-corrected chi connectivity index (χ1v) is 9.44. The third-order valence-corrected chi connectivity index (χ3v) is 4.64. The van der Waals surface area contributed by atoms with Gasteiger partial charge in [-0.15, -0.1) is 0 Å². The lowest BCUT2D eigenvalue weighted by atomic mass is 10.2. The fourth-order valence-electron chi connectivity index (χ4n) is 2.79. The summed E-state index contributed by atoms with van der Waals surface area (Å²) in [6, 6.07) is 10.1. The number of hydrogen-bond acceptors (Lipinski definition) is 4. The van der Waals surface area contributed by atoms with Crippen LogP contribution in [0.1, 0.15) is 18.4 Å². The Morgan fingerprint density at radius 3 is 2.32 bits per heavy atom. The Hall–Kier alpha value is -3.33. The molecule has 0 aliphatic rings. The van der Waals surface area contributed by atoms with Gasteiger partial charge in [-0.3, -0.25) is 14.6 Å². The number of pyridine rings is 1. The van der Waals surface area contributed by atoms with E-state index in [-0.39, 0.29) is 18.5 Å². The number of benzene rings is 2. The number of amides is 2. The number of halogens is 4. The second-order valence-electron chi connectivity index (χ2n) is 6.57. The molecule has 0 radical (unpaired) electrons. The number of anilines is 2. The van der Waals surface area contributed by atoms with Gasteiger partial charge in [-0.2, -0.15) is 13.2 Å². The van der Waals surface area contributed by atoms with E-state index in [2.05, 4.69) is 15.6 Å². The van der Waals surface area contributed by atoms with Gasteiger partial charge in [0.05, 0.1) is 35.1 Å². The van der Waals surface area contributed by atoms with E-state index in [1.54, 1.807) is 31.4 Å². The average molecular weight is 452 g/mol. The monoisotopic (exact) mass is 451 g/mol. The van der Waals surface area contributed by atoms with Gasteiger partial charge >= 0.3 is 6.18 Å². The minimum absolute atomic E-state index is 0.0590. The summed E-state index contributed by atoms with van der Waals surface area (Å²) in [6.45, 7) is 0. The van der Waals surface area contributed by atoms with E-state index in [1.165, 1.54) is 12.3 Å². The predicted octanol–water partition coefficient (Wildman–Crippen LogP) is 5.27. The zero-order chi connectivity index (χ0) is 22.6. The Bertz CT molecular complexity index is 1140. The number of methoxy groups -OCH3 is 1. The summed E-state index contributed by atoms with van der Waals surface area (Å²) in [6.07, 6.45) is -3.54. The van der Waals surface area contributed by atoms with Crippen LogP contribution in [0.5, 0.6) is 5.75 Å². The van der Waals surface area contributed by atoms with Crippen LogP contribution < -0.4 is 15.4 Å². The van der Waals surface area contributed by atoms with Gasteiger partial charge in [0.2, 0.25) is 11.8 Å². The molecule has 0 aliphatic carbocycles. The summed E-state index contributed by atoms with van der Waals surface area (Å²) in [5.41, 5.74) is 0.0379. The molecule has 0 saturated heterocycles. The van der Waals surface area contributed by atoms with Crippen LogP contribution in [0.3, 0.4) is 0 Å². The van der Waals surface area contributed by atoms with Gasteiger partial charge in [-0.1, -0.05) is 11.6 Å². The molecule has 6 nitrogen and oxygen atoms in total. The first-order valence-electron chi connectivity index (χ1n) is 9.06. The van der Waals surface area contributed by atoms with Crippen molar-refractivity contribution in [2.75, 3.05) is 17.7 Å². The highest BCUT2D eigenvalue weighted by Gasteiger charge is 2.33. The molecule has 3 aromatic rings. The lowest BCUT2D eigenvalue weighted by Crippen LogP contribution is -2.17. The van der Waals surface area contributed by atoms with Crippen molar-refractivity contribution in [2.24, 2.45) is 0 Å². The highest BCUT2D eigenvalue weighted by Crippen LogP contribution is 2.36. The van der Waals surface area contributed by atoms with Crippen LogP contribution in [0.4, 0.5) is 24.5 Å². The highest BCUT2D eigenvalue weighted by atomic mass is 35.5. The lowest BCUT2D eigenvalue weighted by Gasteiger charge is -2.12. The molecule has 0 unspecified atom stereocenters. The molecule has 0 saturated carbocycles. The van der Waals surface area contributed by atoms with Crippen molar-refractivity contribution in [1.82, 2.24) is 4.98 Å². The summed E-state index contributed by atoms with van der Waals surface area (Å²) in [5.74, 6) is -0.378. The molecule has 3 rings (SSSR count). The van der Waals surface area contributed by atoms with Crippen LogP contribution >= 0.6 is 11.6 Å². The van der Waals surface area contributed by atoms with Crippen molar-refractivity contribution in [3.05, 3.63) is 59.2 Å². The maximum Gasteiger partial charge on any atom is 0.417 e. The van der Waals surface area contributed by atoms with Crippen molar-refractivity contribution in [3.63, 3.8) is 0 Å². The molecule has 31 heavy (non-hydrogen) atoms. The standard InChI is InChI=1S/C21H17ClF3N3O3/c1-31-15-4-2-12-8-14(11-26-18(12)10-15)28-20(30)7-6-19(29)27-13-3-5-17(22)16(9-13)21(23,24)25/h2-5,8-11H,6-7H2,1H3,(H,27,29)(H,28,30). The minimum atomic E-state index is -4.64. The van der Waals surface area contributed by atoms with Gasteiger partial charge < -0.3 is 15.4 Å². The van der Waals surface area contributed by atoms with Crippen LogP contribution in [-0.2, 0) is 15.8 Å². The van der Waals surface area contributed by atoms with Crippen LogP contribution in [0.15, 0.2) is 48.7 Å². The van der Waals surface area contributed by atoms with Crippen molar-refractivity contribution < 1.29 is 27.5 Å². The summed E-state index contributed by atoms with van der Waals surface area (Å²) < 4.78 is 43.8. The first-order chi connectivity index (χ1) is 14.7. The maximum atomic E-state index is 12.9. The zero-order valence-corrected chi connectivity index (χ0v) is 17.0. The number of carbonyl (C=O) groups excluding carboxylic acids is 2. The average Bonchev–Trinajstić information content (AvgIpc) is 2.72. The Labute approximate surface area is 180 Å². The molecule has 2 aromatic carbocycles. The van der Waals surface area contributed by atoms with Gasteiger partial charge in [0.1, 0.15) is 5.75 Å². The molecule has 1 heterocycles. The molecular weight excluding hydrogens is 435 g/mol. The molecule has 0 fully saturated rings. The fraction of sp³-hybridized carbons (Fsp3) is 0.190. The highest BCUT2D eigenvalue weighted by molar-refractivity contribution is 6.31. The second-order valence-corrected chi connectivity index (χ2v) is 6.98. The Morgan fingerprint density at radius 1 is 1.00 bits per heavy atom. The van der Waals surface area contributed by atoms with E-state index in [4.69, 9.17) is 16.3 Å². The van der Waals surface area contributed by atoms with Crippen LogP contribution in [0.2, 0.25) is 5.02 Å². The van der Waals surface area contributed by atoms with E-state index in [1.807, 2.05) is 0 Å². The molecule has 0 spiro atoms. The zero-order valence-electron chi connectivity index (χ0n) is 16.2. The number of nitrogens with one attached hydrogen (secondary N) is 2. The molecule has 2 N–H and O–H groups in total. The summed E-state index contributed by atoms with van der Waals surface area (Å²) in [4.78, 5) is 28.4. The molecule has 10 heteroatoms. The van der Waals surface area contributed by atoms with Crippen molar-refractivity contribution in [3.8, 4) is 5.75 Å². The van der Waals surface area contributed by atoms with Gasteiger partial charge in [0.25, 0.3) is 0 Å². The van der Waals surface area contributed by atoms with Crippen molar-refractivity contribution in [1.29, 1.82) is 0 Å². The van der Waals surface area contributed by atoms with Crippen LogP contribution in [-0.4, -0.2) is 23.9 Å². The van der Waals surface area contributed by atoms with E-state index in [0.29, 0.717) is 17.0 Å². The fourth-order valence-corrected chi connectivity index (χ4v) is 3.02. The molecule has 0 aliphatic heterocycles. The number of rotatable bonds is 6. The molecule has 0 bridgehead atoms. The van der Waals surface area contributed by atoms with Crippen LogP contribution in [0, 0.1) is 0 Å². The molecular formula is C21H17ClF3N3O3. The number of alkyl halides is 3. The predicted molar refractivity (Wildman–Crippen MR) is 111 cm³/mol. The Morgan fingerprint density at radius 2 is 1.68 bits per heavy atom. The Kier molecular flexibility index (Phi) is 6.65. The van der Waals surface area contributed by atoms with E-state index < -0.39 is 28.6 Å². The molecule has 2 amide bonds. The van der Waals surface area contributed by atoms with E-state index in [0.717, 1.165) is 17.5 Å². The van der Waals surface area contributed by atoms with Crippen molar-refractivity contribution >= 4 is 45.7 Å². The van der Waals surface area contributed by atoms with Gasteiger partial charge in [-0.25, -0.2) is 0 Å². The number of ether oxygens (including phenoxy) is 1. The van der Waals surface area contributed by atoms with Gasteiger partial charge in [0.15, 0.2) is 0 Å². The van der Waals surface area contributed by atoms with E-state index in [9.17, 15) is 22.8 Å². The topological polar surface area (TPSA) is 80.3 Å².